The average molecular weight is 283 g/mol. The third-order valence-corrected chi connectivity index (χ3v) is 4.14. The fraction of sp³-hybridized carbons (Fsp3) is 1.00. The summed E-state index contributed by atoms with van der Waals surface area (Å²) in [5.41, 5.74) is -0.349. The van der Waals surface area contributed by atoms with Crippen LogP contribution in [0.4, 0.5) is 0 Å². The Morgan fingerprint density at radius 3 is 1.35 bits per heavy atom. The first-order chi connectivity index (χ1) is 9.62. The highest BCUT2D eigenvalue weighted by Gasteiger charge is 2.16. The van der Waals surface area contributed by atoms with Gasteiger partial charge in [-0.2, -0.15) is 4.91 Å². The van der Waals surface area contributed by atoms with Gasteiger partial charge in [-0.15, -0.1) is 0 Å². The minimum atomic E-state index is -0.349. The van der Waals surface area contributed by atoms with Crippen molar-refractivity contribution in [3.8, 4) is 0 Å². The fourth-order valence-electron chi connectivity index (χ4n) is 2.62. The topological polar surface area (TPSA) is 29.4 Å². The van der Waals surface area contributed by atoms with Gasteiger partial charge in [-0.05, 0) is 20.3 Å². The number of nitroso groups, excluding NO2 is 1. The van der Waals surface area contributed by atoms with E-state index in [4.69, 9.17) is 0 Å². The van der Waals surface area contributed by atoms with Crippen LogP contribution in [0.5, 0.6) is 0 Å². The molecule has 120 valence electrons. The van der Waals surface area contributed by atoms with Crippen LogP contribution in [0.25, 0.3) is 0 Å². The first-order valence-corrected chi connectivity index (χ1v) is 8.97. The van der Waals surface area contributed by atoms with Crippen LogP contribution >= 0.6 is 0 Å². The molecular formula is C18H37NO. The fourth-order valence-corrected chi connectivity index (χ4v) is 2.62. The van der Waals surface area contributed by atoms with E-state index in [2.05, 4.69) is 12.1 Å². The van der Waals surface area contributed by atoms with E-state index in [1.165, 1.54) is 77.0 Å². The van der Waals surface area contributed by atoms with Gasteiger partial charge in [0.05, 0.1) is 5.54 Å². The second-order valence-electron chi connectivity index (χ2n) is 6.90. The zero-order chi connectivity index (χ0) is 15.1. The summed E-state index contributed by atoms with van der Waals surface area (Å²) < 4.78 is 0. The van der Waals surface area contributed by atoms with E-state index in [-0.39, 0.29) is 5.54 Å². The normalized spacial score (nSPS) is 11.8. The van der Waals surface area contributed by atoms with E-state index in [1.54, 1.807) is 0 Å². The van der Waals surface area contributed by atoms with E-state index >= 15 is 0 Å². The summed E-state index contributed by atoms with van der Waals surface area (Å²) >= 11 is 0. The number of rotatable bonds is 15. The molecule has 0 aliphatic heterocycles. The summed E-state index contributed by atoms with van der Waals surface area (Å²) in [6, 6.07) is 0. The second kappa shape index (κ2) is 13.6. The van der Waals surface area contributed by atoms with E-state index < -0.39 is 0 Å². The van der Waals surface area contributed by atoms with Crippen LogP contribution < -0.4 is 0 Å². The van der Waals surface area contributed by atoms with Crippen LogP contribution in [0.15, 0.2) is 5.18 Å². The van der Waals surface area contributed by atoms with E-state index in [0.717, 1.165) is 12.8 Å². The Balaban J connectivity index is 3.08. The first kappa shape index (κ1) is 19.6. The van der Waals surface area contributed by atoms with Gasteiger partial charge in [-0.25, -0.2) is 0 Å². The van der Waals surface area contributed by atoms with Crippen molar-refractivity contribution >= 4 is 0 Å². The van der Waals surface area contributed by atoms with Gasteiger partial charge in [0, 0.05) is 0 Å². The van der Waals surface area contributed by atoms with Crippen molar-refractivity contribution in [3.05, 3.63) is 4.91 Å². The molecule has 0 saturated carbocycles. The summed E-state index contributed by atoms with van der Waals surface area (Å²) in [5, 5.41) is 3.16. The maximum atomic E-state index is 10.5. The lowest BCUT2D eigenvalue weighted by Crippen LogP contribution is -2.14. The van der Waals surface area contributed by atoms with E-state index in [9.17, 15) is 4.91 Å². The van der Waals surface area contributed by atoms with Crippen LogP contribution in [0, 0.1) is 4.91 Å². The maximum absolute atomic E-state index is 10.5. The molecule has 0 unspecified atom stereocenters. The molecular weight excluding hydrogens is 246 g/mol. The number of hydrogen-bond donors (Lipinski definition) is 0. The van der Waals surface area contributed by atoms with Crippen molar-refractivity contribution < 1.29 is 0 Å². The first-order valence-electron chi connectivity index (χ1n) is 8.97. The number of hydrogen-bond acceptors (Lipinski definition) is 2. The Kier molecular flexibility index (Phi) is 13.3. The van der Waals surface area contributed by atoms with Crippen molar-refractivity contribution in [2.45, 2.75) is 116 Å². The third kappa shape index (κ3) is 14.0. The standard InChI is InChI=1S/C18H37NO/c1-4-5-6-7-8-9-10-11-12-13-14-15-16-17-18(2,3)19-20/h4-17H2,1-3H3. The zero-order valence-corrected chi connectivity index (χ0v) is 14.3. The monoisotopic (exact) mass is 283 g/mol. The van der Waals surface area contributed by atoms with Crippen molar-refractivity contribution in [1.82, 2.24) is 0 Å². The maximum Gasteiger partial charge on any atom is 0.0970 e. The highest BCUT2D eigenvalue weighted by atomic mass is 16.3. The minimum absolute atomic E-state index is 0.349. The van der Waals surface area contributed by atoms with E-state index in [0.29, 0.717) is 0 Å². The molecule has 0 N–H and O–H groups in total. The van der Waals surface area contributed by atoms with Gasteiger partial charge < -0.3 is 0 Å². The van der Waals surface area contributed by atoms with Crippen molar-refractivity contribution in [3.63, 3.8) is 0 Å². The molecule has 0 saturated heterocycles. The van der Waals surface area contributed by atoms with Gasteiger partial charge in [-0.3, -0.25) is 0 Å². The summed E-state index contributed by atoms with van der Waals surface area (Å²) in [6.07, 6.45) is 18.8. The minimum Gasteiger partial charge on any atom is -0.150 e. The zero-order valence-electron chi connectivity index (χ0n) is 14.3. The van der Waals surface area contributed by atoms with Gasteiger partial charge in [0.25, 0.3) is 0 Å². The van der Waals surface area contributed by atoms with Gasteiger partial charge in [0.1, 0.15) is 0 Å². The number of nitrogens with zero attached hydrogens (tertiary/aromatic N) is 1. The predicted molar refractivity (Wildman–Crippen MR) is 90.2 cm³/mol. The van der Waals surface area contributed by atoms with Crippen LogP contribution in [0.3, 0.4) is 0 Å². The molecule has 0 amide bonds. The summed E-state index contributed by atoms with van der Waals surface area (Å²) in [5.74, 6) is 0. The molecule has 0 aromatic heterocycles. The Bertz CT molecular complexity index is 213. The predicted octanol–water partition coefficient (Wildman–Crippen LogP) is 7.01. The molecule has 0 radical (unpaired) electrons. The molecule has 0 aliphatic carbocycles. The van der Waals surface area contributed by atoms with Gasteiger partial charge in [0.15, 0.2) is 0 Å². The van der Waals surface area contributed by atoms with Crippen molar-refractivity contribution in [2.24, 2.45) is 5.18 Å². The SMILES string of the molecule is CCCCCCCCCCCCCCCC(C)(C)N=O. The average Bonchev–Trinajstić information content (AvgIpc) is 2.44. The molecule has 2 nitrogen and oxygen atoms in total. The Morgan fingerprint density at radius 2 is 1.00 bits per heavy atom. The molecule has 0 bridgehead atoms. The van der Waals surface area contributed by atoms with Gasteiger partial charge in [0.2, 0.25) is 0 Å². The molecule has 0 aromatic rings. The summed E-state index contributed by atoms with van der Waals surface area (Å²) in [7, 11) is 0. The lowest BCUT2D eigenvalue weighted by molar-refractivity contribution is 0.439. The molecule has 0 rings (SSSR count). The van der Waals surface area contributed by atoms with Gasteiger partial charge >= 0.3 is 0 Å². The third-order valence-electron chi connectivity index (χ3n) is 4.14. The highest BCUT2D eigenvalue weighted by molar-refractivity contribution is 4.75. The van der Waals surface area contributed by atoms with Crippen LogP contribution in [-0.4, -0.2) is 5.54 Å². The summed E-state index contributed by atoms with van der Waals surface area (Å²) in [4.78, 5) is 10.5. The number of unbranched alkanes of at least 4 members (excludes halogenated alkanes) is 12. The molecule has 0 aliphatic rings. The molecule has 2 heteroatoms. The largest absolute Gasteiger partial charge is 0.150 e. The molecule has 20 heavy (non-hydrogen) atoms. The Labute approximate surface area is 127 Å². The lowest BCUT2D eigenvalue weighted by atomic mass is 9.97. The molecule has 0 spiro atoms. The molecule has 0 aromatic carbocycles. The molecule has 0 fully saturated rings. The van der Waals surface area contributed by atoms with Crippen LogP contribution in [0.1, 0.15) is 111 Å². The Morgan fingerprint density at radius 1 is 0.650 bits per heavy atom. The molecule has 0 atom stereocenters. The Hall–Kier alpha value is -0.400. The van der Waals surface area contributed by atoms with E-state index in [1.807, 2.05) is 13.8 Å². The van der Waals surface area contributed by atoms with Crippen molar-refractivity contribution in [1.29, 1.82) is 0 Å². The summed E-state index contributed by atoms with van der Waals surface area (Å²) in [6.45, 7) is 6.14. The van der Waals surface area contributed by atoms with Crippen LogP contribution in [0.2, 0.25) is 0 Å². The van der Waals surface area contributed by atoms with Gasteiger partial charge in [-0.1, -0.05) is 95.6 Å². The quantitative estimate of drug-likeness (QED) is 0.235. The highest BCUT2D eigenvalue weighted by Crippen LogP contribution is 2.19. The lowest BCUT2D eigenvalue weighted by Gasteiger charge is -2.14. The van der Waals surface area contributed by atoms with Crippen LogP contribution in [-0.2, 0) is 0 Å². The smallest absolute Gasteiger partial charge is 0.0970 e. The van der Waals surface area contributed by atoms with Crippen molar-refractivity contribution in [2.75, 3.05) is 0 Å². The molecule has 0 heterocycles. The second-order valence-corrected chi connectivity index (χ2v) is 6.90.